The van der Waals surface area contributed by atoms with Crippen LogP contribution in [0, 0.1) is 0 Å². The van der Waals surface area contributed by atoms with Crippen molar-refractivity contribution in [2.75, 3.05) is 12.0 Å². The Morgan fingerprint density at radius 1 is 1.55 bits per heavy atom. The van der Waals surface area contributed by atoms with Crippen LogP contribution in [0.4, 0.5) is 0 Å². The number of nitrogens with zero attached hydrogens (tertiary/aromatic N) is 1. The SMILES string of the molecule is CCCCC1NC(c2cccs2)N(C(C)CSC)C1=O. The summed E-state index contributed by atoms with van der Waals surface area (Å²) in [6, 6.07) is 4.44. The van der Waals surface area contributed by atoms with Crippen LogP contribution in [0.15, 0.2) is 17.5 Å². The minimum Gasteiger partial charge on any atom is -0.317 e. The third-order valence-corrected chi connectivity index (χ3v) is 5.47. The van der Waals surface area contributed by atoms with E-state index in [2.05, 4.69) is 47.8 Å². The molecule has 1 N–H and O–H groups in total. The van der Waals surface area contributed by atoms with Gasteiger partial charge in [-0.1, -0.05) is 25.8 Å². The normalized spacial score (nSPS) is 24.4. The first kappa shape index (κ1) is 15.9. The number of carbonyl (C=O) groups is 1. The number of carbonyl (C=O) groups excluding carboxylic acids is 1. The van der Waals surface area contributed by atoms with Crippen molar-refractivity contribution in [3.63, 3.8) is 0 Å². The smallest absolute Gasteiger partial charge is 0.241 e. The average molecular weight is 313 g/mol. The van der Waals surface area contributed by atoms with E-state index >= 15 is 0 Å². The molecule has 0 saturated carbocycles. The Bertz CT molecular complexity index is 422. The molecule has 5 heteroatoms. The minimum atomic E-state index is -0.00800. The van der Waals surface area contributed by atoms with Crippen LogP contribution in [-0.2, 0) is 4.79 Å². The Kier molecular flexibility index (Phi) is 5.93. The lowest BCUT2D eigenvalue weighted by molar-refractivity contribution is -0.131. The molecule has 1 aromatic rings. The first-order chi connectivity index (χ1) is 9.69. The van der Waals surface area contributed by atoms with Crippen LogP contribution >= 0.6 is 23.1 Å². The Balaban J connectivity index is 2.16. The predicted molar refractivity (Wildman–Crippen MR) is 88.2 cm³/mol. The summed E-state index contributed by atoms with van der Waals surface area (Å²) in [5.74, 6) is 1.26. The summed E-state index contributed by atoms with van der Waals surface area (Å²) in [6.07, 6.45) is 5.34. The van der Waals surface area contributed by atoms with E-state index in [1.54, 1.807) is 23.1 Å². The number of amides is 1. The van der Waals surface area contributed by atoms with E-state index in [4.69, 9.17) is 0 Å². The molecule has 2 rings (SSSR count). The van der Waals surface area contributed by atoms with Gasteiger partial charge in [-0.05, 0) is 31.0 Å². The lowest BCUT2D eigenvalue weighted by Crippen LogP contribution is -2.39. The van der Waals surface area contributed by atoms with E-state index in [0.717, 1.165) is 25.0 Å². The first-order valence-corrected chi connectivity index (χ1v) is 9.57. The molecule has 0 spiro atoms. The predicted octanol–water partition coefficient (Wildman–Crippen LogP) is 3.49. The molecule has 0 bridgehead atoms. The zero-order chi connectivity index (χ0) is 14.5. The number of hydrogen-bond donors (Lipinski definition) is 1. The maximum absolute atomic E-state index is 12.7. The highest BCUT2D eigenvalue weighted by Crippen LogP contribution is 2.32. The Morgan fingerprint density at radius 3 is 2.95 bits per heavy atom. The van der Waals surface area contributed by atoms with Crippen molar-refractivity contribution in [3.05, 3.63) is 22.4 Å². The van der Waals surface area contributed by atoms with Gasteiger partial charge in [0.25, 0.3) is 0 Å². The van der Waals surface area contributed by atoms with Crippen LogP contribution < -0.4 is 5.32 Å². The molecular formula is C15H24N2OS2. The molecule has 0 aliphatic carbocycles. The van der Waals surface area contributed by atoms with Gasteiger partial charge in [-0.15, -0.1) is 11.3 Å². The topological polar surface area (TPSA) is 32.3 Å². The summed E-state index contributed by atoms with van der Waals surface area (Å²) < 4.78 is 0. The second-order valence-corrected chi connectivity index (χ2v) is 7.22. The summed E-state index contributed by atoms with van der Waals surface area (Å²) in [6.45, 7) is 4.32. The van der Waals surface area contributed by atoms with Gasteiger partial charge in [0, 0.05) is 16.7 Å². The zero-order valence-corrected chi connectivity index (χ0v) is 14.1. The third kappa shape index (κ3) is 3.38. The summed E-state index contributed by atoms with van der Waals surface area (Å²) in [5, 5.41) is 5.63. The average Bonchev–Trinajstić information content (AvgIpc) is 3.04. The van der Waals surface area contributed by atoms with Gasteiger partial charge in [0.2, 0.25) is 5.91 Å². The highest BCUT2D eigenvalue weighted by atomic mass is 32.2. The quantitative estimate of drug-likeness (QED) is 0.836. The fourth-order valence-corrected chi connectivity index (χ4v) is 4.15. The van der Waals surface area contributed by atoms with Crippen molar-refractivity contribution >= 4 is 29.0 Å². The van der Waals surface area contributed by atoms with Gasteiger partial charge in [0.15, 0.2) is 0 Å². The van der Waals surface area contributed by atoms with E-state index in [0.29, 0.717) is 0 Å². The van der Waals surface area contributed by atoms with Crippen LogP contribution in [0.1, 0.15) is 44.2 Å². The second kappa shape index (κ2) is 7.48. The number of unbranched alkanes of at least 4 members (excludes halogenated alkanes) is 1. The summed E-state index contributed by atoms with van der Waals surface area (Å²) >= 11 is 3.52. The molecule has 3 unspecified atom stereocenters. The largest absolute Gasteiger partial charge is 0.317 e. The molecule has 1 aromatic heterocycles. The van der Waals surface area contributed by atoms with Crippen molar-refractivity contribution < 1.29 is 4.79 Å². The molecule has 0 radical (unpaired) electrons. The van der Waals surface area contributed by atoms with Crippen LogP contribution in [0.2, 0.25) is 0 Å². The molecule has 1 amide bonds. The molecule has 2 heterocycles. The maximum Gasteiger partial charge on any atom is 0.241 e. The van der Waals surface area contributed by atoms with Crippen molar-refractivity contribution in [1.29, 1.82) is 0 Å². The summed E-state index contributed by atoms with van der Waals surface area (Å²) in [7, 11) is 0. The van der Waals surface area contributed by atoms with E-state index in [1.807, 2.05) is 0 Å². The van der Waals surface area contributed by atoms with E-state index < -0.39 is 0 Å². The molecule has 112 valence electrons. The molecular weight excluding hydrogens is 288 g/mol. The van der Waals surface area contributed by atoms with E-state index in [9.17, 15) is 4.79 Å². The number of thioether (sulfide) groups is 1. The van der Waals surface area contributed by atoms with Gasteiger partial charge in [-0.25, -0.2) is 0 Å². The minimum absolute atomic E-state index is 0.00800. The summed E-state index contributed by atoms with van der Waals surface area (Å²) in [5.41, 5.74) is 0. The Labute approximate surface area is 130 Å². The van der Waals surface area contributed by atoms with Crippen molar-refractivity contribution in [1.82, 2.24) is 10.2 Å². The van der Waals surface area contributed by atoms with Crippen LogP contribution in [0.3, 0.4) is 0 Å². The lowest BCUT2D eigenvalue weighted by atomic mass is 10.1. The molecule has 0 aromatic carbocycles. The molecule has 1 fully saturated rings. The second-order valence-electron chi connectivity index (χ2n) is 5.33. The lowest BCUT2D eigenvalue weighted by Gasteiger charge is -2.29. The molecule has 1 saturated heterocycles. The zero-order valence-electron chi connectivity index (χ0n) is 12.5. The van der Waals surface area contributed by atoms with Crippen LogP contribution in [0.25, 0.3) is 0 Å². The van der Waals surface area contributed by atoms with Crippen LogP contribution in [-0.4, -0.2) is 34.9 Å². The van der Waals surface area contributed by atoms with Gasteiger partial charge >= 0.3 is 0 Å². The van der Waals surface area contributed by atoms with Gasteiger partial charge in [-0.2, -0.15) is 11.8 Å². The fourth-order valence-electron chi connectivity index (χ4n) is 2.72. The highest BCUT2D eigenvalue weighted by molar-refractivity contribution is 7.98. The van der Waals surface area contributed by atoms with E-state index in [-0.39, 0.29) is 24.2 Å². The third-order valence-electron chi connectivity index (χ3n) is 3.73. The standard InChI is InChI=1S/C15H24N2OS2/c1-4-5-7-12-15(18)17(11(2)10-19-3)14(16-12)13-8-6-9-20-13/h6,8-9,11-12,14,16H,4-5,7,10H2,1-3H3. The number of thiophene rings is 1. The maximum atomic E-state index is 12.7. The number of nitrogens with one attached hydrogen (secondary N) is 1. The van der Waals surface area contributed by atoms with Crippen molar-refractivity contribution in [2.24, 2.45) is 0 Å². The monoisotopic (exact) mass is 312 g/mol. The van der Waals surface area contributed by atoms with Crippen molar-refractivity contribution in [3.8, 4) is 0 Å². The highest BCUT2D eigenvalue weighted by Gasteiger charge is 2.41. The number of rotatable bonds is 7. The van der Waals surface area contributed by atoms with Gasteiger partial charge in [-0.3, -0.25) is 10.1 Å². The fraction of sp³-hybridized carbons (Fsp3) is 0.667. The van der Waals surface area contributed by atoms with Crippen LogP contribution in [0.5, 0.6) is 0 Å². The molecule has 3 nitrogen and oxygen atoms in total. The van der Waals surface area contributed by atoms with Gasteiger partial charge in [0.05, 0.1) is 6.04 Å². The summed E-state index contributed by atoms with van der Waals surface area (Å²) in [4.78, 5) is 16.0. The first-order valence-electron chi connectivity index (χ1n) is 7.29. The van der Waals surface area contributed by atoms with Gasteiger partial charge < -0.3 is 4.90 Å². The number of hydrogen-bond acceptors (Lipinski definition) is 4. The molecule has 1 aliphatic rings. The van der Waals surface area contributed by atoms with Gasteiger partial charge in [0.1, 0.15) is 6.17 Å². The van der Waals surface area contributed by atoms with E-state index in [1.165, 1.54) is 4.88 Å². The molecule has 1 aliphatic heterocycles. The molecule has 20 heavy (non-hydrogen) atoms. The Morgan fingerprint density at radius 2 is 2.35 bits per heavy atom. The van der Waals surface area contributed by atoms with Crippen molar-refractivity contribution in [2.45, 2.75) is 51.4 Å². The Hall–Kier alpha value is -0.520. The molecule has 3 atom stereocenters.